The molecule has 0 radical (unpaired) electrons. The van der Waals surface area contributed by atoms with Crippen molar-refractivity contribution in [2.75, 3.05) is 13.1 Å². The first-order chi connectivity index (χ1) is 7.29. The van der Waals surface area contributed by atoms with Gasteiger partial charge in [-0.1, -0.05) is 0 Å². The molecule has 2 N–H and O–H groups in total. The molecule has 0 saturated carbocycles. The van der Waals surface area contributed by atoms with Crippen molar-refractivity contribution in [3.63, 3.8) is 0 Å². The topological polar surface area (TPSA) is 55.0 Å². The summed E-state index contributed by atoms with van der Waals surface area (Å²) in [5.41, 5.74) is 5.59. The average molecular weight is 210 g/mol. The highest BCUT2D eigenvalue weighted by Crippen LogP contribution is 2.20. The zero-order valence-electron chi connectivity index (χ0n) is 8.51. The lowest BCUT2D eigenvalue weighted by atomic mass is 10.2. The Morgan fingerprint density at radius 1 is 1.47 bits per heavy atom. The highest BCUT2D eigenvalue weighted by molar-refractivity contribution is 4.93. The minimum Gasteiger partial charge on any atom is -0.329 e. The number of aromatic nitrogens is 2. The molecule has 15 heavy (non-hydrogen) atoms. The smallest absolute Gasteiger partial charge is 0.142 e. The lowest BCUT2D eigenvalue weighted by molar-refractivity contribution is 0.233. The summed E-state index contributed by atoms with van der Waals surface area (Å²) in [5, 5.41) is 0. The minimum atomic E-state index is -0.762. The predicted molar refractivity (Wildman–Crippen MR) is 54.8 cm³/mol. The van der Waals surface area contributed by atoms with E-state index in [0.29, 0.717) is 26.1 Å². The van der Waals surface area contributed by atoms with Gasteiger partial charge in [0.25, 0.3) is 0 Å². The quantitative estimate of drug-likeness (QED) is 0.782. The molecule has 5 heteroatoms. The normalized spacial score (nSPS) is 27.1. The van der Waals surface area contributed by atoms with E-state index in [1.54, 1.807) is 18.5 Å². The third kappa shape index (κ3) is 2.49. The second kappa shape index (κ2) is 4.63. The van der Waals surface area contributed by atoms with Crippen LogP contribution in [-0.4, -0.2) is 40.2 Å². The molecule has 0 aliphatic carbocycles. The lowest BCUT2D eigenvalue weighted by Crippen LogP contribution is -2.35. The second-order valence-electron chi connectivity index (χ2n) is 3.82. The Morgan fingerprint density at radius 2 is 2.20 bits per heavy atom. The molecule has 2 heterocycles. The van der Waals surface area contributed by atoms with Crippen LogP contribution in [0.1, 0.15) is 12.2 Å². The predicted octanol–water partition coefficient (Wildman–Crippen LogP) is 0.348. The molecule has 0 spiro atoms. The molecule has 0 bridgehead atoms. The van der Waals surface area contributed by atoms with E-state index >= 15 is 0 Å². The molecule has 1 aromatic rings. The first-order valence-corrected chi connectivity index (χ1v) is 5.13. The summed E-state index contributed by atoms with van der Waals surface area (Å²) in [5.74, 6) is 0.727. The van der Waals surface area contributed by atoms with Crippen molar-refractivity contribution in [2.45, 2.75) is 25.2 Å². The van der Waals surface area contributed by atoms with Crippen LogP contribution in [0.4, 0.5) is 4.39 Å². The van der Waals surface area contributed by atoms with Gasteiger partial charge in [-0.2, -0.15) is 0 Å². The maximum atomic E-state index is 13.2. The van der Waals surface area contributed by atoms with Gasteiger partial charge in [-0.15, -0.1) is 0 Å². The van der Waals surface area contributed by atoms with E-state index in [1.807, 2.05) is 4.90 Å². The Labute approximate surface area is 88.3 Å². The van der Waals surface area contributed by atoms with Crippen LogP contribution < -0.4 is 5.73 Å². The molecule has 0 aromatic carbocycles. The van der Waals surface area contributed by atoms with E-state index < -0.39 is 6.17 Å². The summed E-state index contributed by atoms with van der Waals surface area (Å²) in [7, 11) is 0. The van der Waals surface area contributed by atoms with Gasteiger partial charge in [0.15, 0.2) is 0 Å². The van der Waals surface area contributed by atoms with Gasteiger partial charge in [0.2, 0.25) is 0 Å². The summed E-state index contributed by atoms with van der Waals surface area (Å²) in [6, 6.07) is 1.90. The van der Waals surface area contributed by atoms with E-state index in [1.165, 1.54) is 0 Å². The number of rotatable bonds is 3. The molecule has 82 valence electrons. The van der Waals surface area contributed by atoms with Gasteiger partial charge in [0.1, 0.15) is 12.0 Å². The summed E-state index contributed by atoms with van der Waals surface area (Å²) in [6.45, 7) is 1.52. The van der Waals surface area contributed by atoms with E-state index in [0.717, 1.165) is 5.82 Å². The Bertz CT molecular complexity index is 306. The maximum absolute atomic E-state index is 13.2. The van der Waals surface area contributed by atoms with Gasteiger partial charge in [0.05, 0.1) is 6.54 Å². The molecule has 2 rings (SSSR count). The molecule has 2 atom stereocenters. The van der Waals surface area contributed by atoms with E-state index in [9.17, 15) is 4.39 Å². The Balaban J connectivity index is 2.00. The number of likely N-dealkylation sites (tertiary alicyclic amines) is 1. The van der Waals surface area contributed by atoms with Gasteiger partial charge in [-0.05, 0) is 12.5 Å². The van der Waals surface area contributed by atoms with Crippen molar-refractivity contribution in [1.29, 1.82) is 0 Å². The fourth-order valence-corrected chi connectivity index (χ4v) is 1.95. The molecular weight excluding hydrogens is 195 g/mol. The number of hydrogen-bond donors (Lipinski definition) is 1. The number of nitrogens with zero attached hydrogens (tertiary/aromatic N) is 3. The van der Waals surface area contributed by atoms with Crippen molar-refractivity contribution in [1.82, 2.24) is 14.9 Å². The molecule has 1 aliphatic heterocycles. The Kier molecular flexibility index (Phi) is 3.23. The molecule has 4 nitrogen and oxygen atoms in total. The summed E-state index contributed by atoms with van der Waals surface area (Å²) in [4.78, 5) is 10.3. The summed E-state index contributed by atoms with van der Waals surface area (Å²) in [6.07, 6.45) is 3.16. The molecule has 0 amide bonds. The molecular formula is C10H15FN4. The van der Waals surface area contributed by atoms with Gasteiger partial charge < -0.3 is 5.73 Å². The zero-order chi connectivity index (χ0) is 10.7. The molecule has 1 aliphatic rings. The fraction of sp³-hybridized carbons (Fsp3) is 0.600. The minimum absolute atomic E-state index is 0.129. The van der Waals surface area contributed by atoms with Gasteiger partial charge in [-0.25, -0.2) is 14.4 Å². The summed E-state index contributed by atoms with van der Waals surface area (Å²) < 4.78 is 13.2. The second-order valence-corrected chi connectivity index (χ2v) is 3.82. The van der Waals surface area contributed by atoms with Crippen LogP contribution in [0.5, 0.6) is 0 Å². The average Bonchev–Trinajstić information content (AvgIpc) is 2.60. The Morgan fingerprint density at radius 3 is 2.87 bits per heavy atom. The Hall–Kier alpha value is -1.07. The van der Waals surface area contributed by atoms with Crippen molar-refractivity contribution < 1.29 is 4.39 Å². The lowest BCUT2D eigenvalue weighted by Gasteiger charge is -2.21. The van der Waals surface area contributed by atoms with Crippen molar-refractivity contribution >= 4 is 0 Å². The third-order valence-corrected chi connectivity index (χ3v) is 2.71. The van der Waals surface area contributed by atoms with Gasteiger partial charge in [0, 0.05) is 31.5 Å². The van der Waals surface area contributed by atoms with E-state index in [2.05, 4.69) is 9.97 Å². The number of hydrogen-bond acceptors (Lipinski definition) is 4. The first-order valence-electron chi connectivity index (χ1n) is 5.13. The monoisotopic (exact) mass is 210 g/mol. The number of halogens is 1. The van der Waals surface area contributed by atoms with Crippen LogP contribution in [0, 0.1) is 0 Å². The van der Waals surface area contributed by atoms with Crippen molar-refractivity contribution in [3.05, 3.63) is 24.3 Å². The van der Waals surface area contributed by atoms with Crippen molar-refractivity contribution in [2.24, 2.45) is 5.73 Å². The fourth-order valence-electron chi connectivity index (χ4n) is 1.95. The van der Waals surface area contributed by atoms with Crippen LogP contribution in [0.3, 0.4) is 0 Å². The van der Waals surface area contributed by atoms with Crippen LogP contribution in [0.2, 0.25) is 0 Å². The van der Waals surface area contributed by atoms with Gasteiger partial charge in [-0.3, -0.25) is 4.90 Å². The highest BCUT2D eigenvalue weighted by atomic mass is 19.1. The SMILES string of the molecule is NCC1CC(F)CN1Cc1ncccn1. The van der Waals surface area contributed by atoms with E-state index in [4.69, 9.17) is 5.73 Å². The molecule has 1 saturated heterocycles. The van der Waals surface area contributed by atoms with E-state index in [-0.39, 0.29) is 6.04 Å². The standard InChI is InChI=1S/C10H15FN4/c11-8-4-9(5-12)15(6-8)7-10-13-2-1-3-14-10/h1-3,8-9H,4-7,12H2. The van der Waals surface area contributed by atoms with Crippen molar-refractivity contribution in [3.8, 4) is 0 Å². The van der Waals surface area contributed by atoms with Gasteiger partial charge >= 0.3 is 0 Å². The first kappa shape index (κ1) is 10.4. The maximum Gasteiger partial charge on any atom is 0.142 e. The molecule has 2 unspecified atom stereocenters. The van der Waals surface area contributed by atoms with Crippen LogP contribution in [0.25, 0.3) is 0 Å². The highest BCUT2D eigenvalue weighted by Gasteiger charge is 2.31. The zero-order valence-corrected chi connectivity index (χ0v) is 8.51. The number of alkyl halides is 1. The number of nitrogens with two attached hydrogens (primary N) is 1. The van der Waals surface area contributed by atoms with Crippen LogP contribution >= 0.6 is 0 Å². The van der Waals surface area contributed by atoms with Crippen LogP contribution in [0.15, 0.2) is 18.5 Å². The molecule has 1 aromatic heterocycles. The van der Waals surface area contributed by atoms with Crippen LogP contribution in [-0.2, 0) is 6.54 Å². The summed E-state index contributed by atoms with van der Waals surface area (Å²) >= 11 is 0. The third-order valence-electron chi connectivity index (χ3n) is 2.71. The molecule has 1 fully saturated rings. The largest absolute Gasteiger partial charge is 0.329 e.